The van der Waals surface area contributed by atoms with Crippen molar-refractivity contribution in [3.63, 3.8) is 0 Å². The standard InChI is InChI=1S/C20H15N5O3/c1-20(14-7-5-13(11-21)6-8-14)18(27)25(19(28)23-20)12-15-10-17(26)24-9-3-2-4-16(24)22-15/h2-10H,12H2,1H3,(H,23,28). The van der Waals surface area contributed by atoms with Crippen LogP contribution in [0.15, 0.2) is 59.5 Å². The second-order valence-electron chi connectivity index (χ2n) is 6.65. The van der Waals surface area contributed by atoms with Crippen LogP contribution in [0.4, 0.5) is 4.79 Å². The summed E-state index contributed by atoms with van der Waals surface area (Å²) in [5.74, 6) is -0.447. The number of hydrogen-bond donors (Lipinski definition) is 1. The topological polar surface area (TPSA) is 108 Å². The first-order valence-corrected chi connectivity index (χ1v) is 8.54. The lowest BCUT2D eigenvalue weighted by Gasteiger charge is -2.22. The van der Waals surface area contributed by atoms with Gasteiger partial charge in [-0.2, -0.15) is 5.26 Å². The van der Waals surface area contributed by atoms with Crippen LogP contribution in [-0.2, 0) is 16.9 Å². The van der Waals surface area contributed by atoms with Gasteiger partial charge in [-0.1, -0.05) is 18.2 Å². The molecule has 1 atom stereocenters. The number of nitrogens with one attached hydrogen (secondary N) is 1. The maximum absolute atomic E-state index is 13.0. The molecule has 0 radical (unpaired) electrons. The van der Waals surface area contributed by atoms with Crippen molar-refractivity contribution in [2.45, 2.75) is 19.0 Å². The molecule has 3 heterocycles. The molecule has 138 valence electrons. The lowest BCUT2D eigenvalue weighted by Crippen LogP contribution is -2.40. The van der Waals surface area contributed by atoms with Gasteiger partial charge in [0.05, 0.1) is 23.9 Å². The zero-order valence-corrected chi connectivity index (χ0v) is 14.9. The van der Waals surface area contributed by atoms with Crippen LogP contribution in [0, 0.1) is 11.3 Å². The number of benzene rings is 1. The minimum atomic E-state index is -1.25. The second-order valence-corrected chi connectivity index (χ2v) is 6.65. The third-order valence-corrected chi connectivity index (χ3v) is 4.81. The van der Waals surface area contributed by atoms with Crippen molar-refractivity contribution in [1.82, 2.24) is 19.6 Å². The Bertz CT molecular complexity index is 1210. The first-order valence-electron chi connectivity index (χ1n) is 8.54. The van der Waals surface area contributed by atoms with E-state index in [0.717, 1.165) is 4.90 Å². The number of fused-ring (bicyclic) bond motifs is 1. The summed E-state index contributed by atoms with van der Waals surface area (Å²) < 4.78 is 1.39. The van der Waals surface area contributed by atoms with Crippen molar-refractivity contribution in [3.05, 3.63) is 81.9 Å². The Labute approximate surface area is 159 Å². The van der Waals surface area contributed by atoms with Gasteiger partial charge < -0.3 is 5.32 Å². The predicted molar refractivity (Wildman–Crippen MR) is 99.1 cm³/mol. The first kappa shape index (κ1) is 17.4. The van der Waals surface area contributed by atoms with Gasteiger partial charge in [-0.3, -0.25) is 18.9 Å². The summed E-state index contributed by atoms with van der Waals surface area (Å²) in [6.07, 6.45) is 1.60. The quantitative estimate of drug-likeness (QED) is 0.701. The third kappa shape index (κ3) is 2.70. The van der Waals surface area contributed by atoms with Gasteiger partial charge in [-0.05, 0) is 36.8 Å². The zero-order valence-electron chi connectivity index (χ0n) is 14.9. The Kier molecular flexibility index (Phi) is 3.93. The molecular formula is C20H15N5O3. The fraction of sp³-hybridized carbons (Fsp3) is 0.150. The smallest absolute Gasteiger partial charge is 0.319 e. The molecule has 8 nitrogen and oxygen atoms in total. The van der Waals surface area contributed by atoms with Gasteiger partial charge in [-0.25, -0.2) is 9.78 Å². The van der Waals surface area contributed by atoms with Crippen LogP contribution in [0.1, 0.15) is 23.7 Å². The molecule has 0 aliphatic carbocycles. The molecule has 1 N–H and O–H groups in total. The molecule has 0 bridgehead atoms. The van der Waals surface area contributed by atoms with Crippen molar-refractivity contribution < 1.29 is 9.59 Å². The molecule has 3 amide bonds. The summed E-state index contributed by atoms with van der Waals surface area (Å²) in [7, 11) is 0. The number of hydrogen-bond acceptors (Lipinski definition) is 5. The van der Waals surface area contributed by atoms with Crippen molar-refractivity contribution in [2.75, 3.05) is 0 Å². The number of urea groups is 1. The van der Waals surface area contributed by atoms with Crippen molar-refractivity contribution in [3.8, 4) is 6.07 Å². The molecule has 1 saturated heterocycles. The average Bonchev–Trinajstić information content (AvgIpc) is 2.92. The number of rotatable bonds is 3. The van der Waals surface area contributed by atoms with E-state index in [1.165, 1.54) is 10.5 Å². The molecule has 2 aromatic heterocycles. The number of carbonyl (C=O) groups excluding carboxylic acids is 2. The Balaban J connectivity index is 1.66. The molecule has 0 spiro atoms. The molecular weight excluding hydrogens is 358 g/mol. The van der Waals surface area contributed by atoms with E-state index in [-0.39, 0.29) is 12.1 Å². The van der Waals surface area contributed by atoms with Gasteiger partial charge in [0.1, 0.15) is 11.2 Å². The molecule has 1 aliphatic heterocycles. The Morgan fingerprint density at radius 3 is 2.61 bits per heavy atom. The molecule has 3 aromatic rings. The van der Waals surface area contributed by atoms with E-state index in [4.69, 9.17) is 5.26 Å². The van der Waals surface area contributed by atoms with Crippen molar-refractivity contribution in [2.24, 2.45) is 0 Å². The molecule has 1 aromatic carbocycles. The summed E-state index contributed by atoms with van der Waals surface area (Å²) in [4.78, 5) is 43.1. The minimum Gasteiger partial charge on any atom is -0.319 e. The molecule has 0 saturated carbocycles. The largest absolute Gasteiger partial charge is 0.325 e. The number of amides is 3. The van der Waals surface area contributed by atoms with Crippen LogP contribution in [0.2, 0.25) is 0 Å². The zero-order chi connectivity index (χ0) is 19.9. The Morgan fingerprint density at radius 2 is 1.89 bits per heavy atom. The molecule has 1 fully saturated rings. The van der Waals surface area contributed by atoms with Gasteiger partial charge in [0.15, 0.2) is 0 Å². The number of pyridine rings is 1. The molecule has 8 heteroatoms. The van der Waals surface area contributed by atoms with Crippen LogP contribution in [-0.4, -0.2) is 26.2 Å². The number of aromatic nitrogens is 2. The average molecular weight is 373 g/mol. The van der Waals surface area contributed by atoms with E-state index in [9.17, 15) is 14.4 Å². The lowest BCUT2D eigenvalue weighted by molar-refractivity contribution is -0.131. The normalized spacial score (nSPS) is 18.9. The highest BCUT2D eigenvalue weighted by molar-refractivity contribution is 6.07. The number of imide groups is 1. The Hall–Kier alpha value is -3.99. The van der Waals surface area contributed by atoms with Crippen molar-refractivity contribution in [1.29, 1.82) is 5.26 Å². The van der Waals surface area contributed by atoms with Crippen molar-refractivity contribution >= 4 is 17.6 Å². The number of nitrogens with zero attached hydrogens (tertiary/aromatic N) is 4. The maximum Gasteiger partial charge on any atom is 0.325 e. The number of carbonyl (C=O) groups is 2. The van der Waals surface area contributed by atoms with Crippen LogP contribution in [0.25, 0.3) is 5.65 Å². The van der Waals surface area contributed by atoms with Gasteiger partial charge >= 0.3 is 6.03 Å². The number of nitriles is 1. The third-order valence-electron chi connectivity index (χ3n) is 4.81. The van der Waals surface area contributed by atoms with Crippen LogP contribution < -0.4 is 10.9 Å². The molecule has 28 heavy (non-hydrogen) atoms. The van der Waals surface area contributed by atoms with Gasteiger partial charge in [-0.15, -0.1) is 0 Å². The van der Waals surface area contributed by atoms with Gasteiger partial charge in [0.25, 0.3) is 11.5 Å². The van der Waals surface area contributed by atoms with E-state index in [1.54, 1.807) is 55.6 Å². The Morgan fingerprint density at radius 1 is 1.14 bits per heavy atom. The van der Waals surface area contributed by atoms with Gasteiger partial charge in [0, 0.05) is 12.3 Å². The monoisotopic (exact) mass is 373 g/mol. The summed E-state index contributed by atoms with van der Waals surface area (Å²) in [5.41, 5.74) is 0.246. The highest BCUT2D eigenvalue weighted by atomic mass is 16.2. The fourth-order valence-electron chi connectivity index (χ4n) is 3.26. The molecule has 1 aliphatic rings. The lowest BCUT2D eigenvalue weighted by atomic mass is 9.91. The molecule has 1 unspecified atom stereocenters. The van der Waals surface area contributed by atoms with E-state index < -0.39 is 17.5 Å². The van der Waals surface area contributed by atoms with E-state index in [2.05, 4.69) is 10.3 Å². The van der Waals surface area contributed by atoms with Crippen LogP contribution in [0.5, 0.6) is 0 Å². The fourth-order valence-corrected chi connectivity index (χ4v) is 3.26. The van der Waals surface area contributed by atoms with Gasteiger partial charge in [0.2, 0.25) is 0 Å². The summed E-state index contributed by atoms with van der Waals surface area (Å²) >= 11 is 0. The summed E-state index contributed by atoms with van der Waals surface area (Å²) in [6, 6.07) is 14.4. The highest BCUT2D eigenvalue weighted by Crippen LogP contribution is 2.29. The highest BCUT2D eigenvalue weighted by Gasteiger charge is 2.49. The van der Waals surface area contributed by atoms with E-state index in [1.807, 2.05) is 6.07 Å². The predicted octanol–water partition coefficient (Wildman–Crippen LogP) is 1.53. The molecule has 4 rings (SSSR count). The second kappa shape index (κ2) is 6.32. The van der Waals surface area contributed by atoms with Crippen LogP contribution in [0.3, 0.4) is 0 Å². The maximum atomic E-state index is 13.0. The van der Waals surface area contributed by atoms with E-state index in [0.29, 0.717) is 22.5 Å². The van der Waals surface area contributed by atoms with Crippen LogP contribution >= 0.6 is 0 Å². The first-order chi connectivity index (χ1) is 13.4. The minimum absolute atomic E-state index is 0.114. The van der Waals surface area contributed by atoms with E-state index >= 15 is 0 Å². The summed E-state index contributed by atoms with van der Waals surface area (Å²) in [6.45, 7) is 1.49. The summed E-state index contributed by atoms with van der Waals surface area (Å²) in [5, 5.41) is 11.6. The SMILES string of the molecule is CC1(c2ccc(C#N)cc2)NC(=O)N(Cc2cc(=O)n3ccccc3n2)C1=O.